The number of nitrogens with one attached hydrogen (secondary N) is 1. The zero-order valence-electron chi connectivity index (χ0n) is 10.1. The molecule has 1 fully saturated rings. The first-order valence-electron chi connectivity index (χ1n) is 5.74. The molecule has 17 heavy (non-hydrogen) atoms. The first kappa shape index (κ1) is 11.9. The summed E-state index contributed by atoms with van der Waals surface area (Å²) in [5, 5.41) is 2.99. The number of carbonyl (C=O) groups is 1. The molecule has 0 radical (unpaired) electrons. The fraction of sp³-hybridized carbons (Fsp3) is 0.500. The normalized spacial score (nSPS) is 20.1. The molecule has 5 nitrogen and oxygen atoms in total. The van der Waals surface area contributed by atoms with Crippen molar-refractivity contribution in [1.29, 1.82) is 0 Å². The van der Waals surface area contributed by atoms with E-state index in [0.29, 0.717) is 25.3 Å². The molecule has 2 rings (SSSR count). The quantitative estimate of drug-likeness (QED) is 0.830. The minimum atomic E-state index is 0.0348. The van der Waals surface area contributed by atoms with E-state index in [1.54, 1.807) is 25.5 Å². The number of morpholine rings is 1. The number of nitrogens with zero attached hydrogens (tertiary/aromatic N) is 2. The van der Waals surface area contributed by atoms with Crippen LogP contribution in [0.5, 0.6) is 0 Å². The third-order valence-electron chi connectivity index (χ3n) is 2.95. The number of ether oxygens (including phenoxy) is 1. The monoisotopic (exact) mass is 235 g/mol. The van der Waals surface area contributed by atoms with E-state index >= 15 is 0 Å². The van der Waals surface area contributed by atoms with Crippen LogP contribution in [-0.2, 0) is 4.74 Å². The molecule has 0 bridgehead atoms. The van der Waals surface area contributed by atoms with Crippen molar-refractivity contribution in [3.05, 3.63) is 24.0 Å². The second-order valence-electron chi connectivity index (χ2n) is 4.09. The average molecular weight is 235 g/mol. The van der Waals surface area contributed by atoms with E-state index in [0.717, 1.165) is 5.69 Å². The highest BCUT2D eigenvalue weighted by Gasteiger charge is 2.26. The first-order chi connectivity index (χ1) is 8.24. The summed E-state index contributed by atoms with van der Waals surface area (Å²) in [5.41, 5.74) is 1.42. The number of hydrogen-bond donors (Lipinski definition) is 1. The number of hydrogen-bond acceptors (Lipinski definition) is 4. The Morgan fingerprint density at radius 2 is 2.47 bits per heavy atom. The molecule has 1 saturated heterocycles. The fourth-order valence-corrected chi connectivity index (χ4v) is 1.96. The summed E-state index contributed by atoms with van der Waals surface area (Å²) in [4.78, 5) is 18.2. The molecule has 1 aliphatic heterocycles. The summed E-state index contributed by atoms with van der Waals surface area (Å²) in [6.07, 6.45) is 3.30. The molecular weight excluding hydrogens is 218 g/mol. The molecule has 1 aliphatic rings. The van der Waals surface area contributed by atoms with Gasteiger partial charge in [-0.25, -0.2) is 0 Å². The number of anilines is 1. The van der Waals surface area contributed by atoms with E-state index in [9.17, 15) is 4.79 Å². The van der Waals surface area contributed by atoms with Gasteiger partial charge in [0, 0.05) is 19.8 Å². The van der Waals surface area contributed by atoms with Gasteiger partial charge in [-0.2, -0.15) is 0 Å². The van der Waals surface area contributed by atoms with Crippen LogP contribution < -0.4 is 5.32 Å². The van der Waals surface area contributed by atoms with Crippen LogP contribution in [0, 0.1) is 0 Å². The van der Waals surface area contributed by atoms with Gasteiger partial charge in [-0.3, -0.25) is 9.78 Å². The lowest BCUT2D eigenvalue weighted by Crippen LogP contribution is -2.47. The van der Waals surface area contributed by atoms with E-state index < -0.39 is 0 Å². The van der Waals surface area contributed by atoms with Gasteiger partial charge in [0.1, 0.15) is 0 Å². The van der Waals surface area contributed by atoms with E-state index in [-0.39, 0.29) is 11.9 Å². The Labute approximate surface area is 101 Å². The molecule has 0 saturated carbocycles. The van der Waals surface area contributed by atoms with Gasteiger partial charge in [0.25, 0.3) is 5.91 Å². The minimum Gasteiger partial charge on any atom is -0.386 e. The Bertz CT molecular complexity index is 408. The summed E-state index contributed by atoms with van der Waals surface area (Å²) >= 11 is 0. The number of rotatable bonds is 2. The van der Waals surface area contributed by atoms with Gasteiger partial charge in [0.05, 0.1) is 36.7 Å². The molecular formula is C12H17N3O2. The number of carbonyl (C=O) groups excluding carboxylic acids is 1. The molecule has 1 atom stereocenters. The highest BCUT2D eigenvalue weighted by Crippen LogP contribution is 2.18. The molecule has 1 amide bonds. The van der Waals surface area contributed by atoms with Gasteiger partial charge in [-0.1, -0.05) is 0 Å². The van der Waals surface area contributed by atoms with E-state index in [2.05, 4.69) is 10.3 Å². The van der Waals surface area contributed by atoms with Crippen LogP contribution in [0.3, 0.4) is 0 Å². The van der Waals surface area contributed by atoms with Crippen molar-refractivity contribution < 1.29 is 9.53 Å². The van der Waals surface area contributed by atoms with Gasteiger partial charge in [-0.15, -0.1) is 0 Å². The summed E-state index contributed by atoms with van der Waals surface area (Å²) in [5.74, 6) is 0.0348. The third kappa shape index (κ3) is 2.39. The second kappa shape index (κ2) is 5.14. The smallest absolute Gasteiger partial charge is 0.256 e. The Kier molecular flexibility index (Phi) is 3.58. The van der Waals surface area contributed by atoms with Gasteiger partial charge in [-0.05, 0) is 13.0 Å². The Morgan fingerprint density at radius 3 is 3.18 bits per heavy atom. The lowest BCUT2D eigenvalue weighted by molar-refractivity contribution is 0.00364. The molecule has 0 aliphatic carbocycles. The van der Waals surface area contributed by atoms with Gasteiger partial charge in [0.15, 0.2) is 0 Å². The molecule has 0 spiro atoms. The van der Waals surface area contributed by atoms with Crippen LogP contribution in [0.25, 0.3) is 0 Å². The standard InChI is InChI=1S/C12H17N3O2/c1-9-8-17-6-5-15(9)12(16)10-3-4-14-7-11(10)13-2/h3-4,7,9,13H,5-6,8H2,1-2H3. The molecule has 1 aromatic heterocycles. The van der Waals surface area contributed by atoms with Crippen LogP contribution in [0.1, 0.15) is 17.3 Å². The number of amides is 1. The predicted octanol–water partition coefficient (Wildman–Crippen LogP) is 0.984. The van der Waals surface area contributed by atoms with Crippen molar-refractivity contribution in [3.63, 3.8) is 0 Å². The third-order valence-corrected chi connectivity index (χ3v) is 2.95. The van der Waals surface area contributed by atoms with E-state index in [4.69, 9.17) is 4.74 Å². The summed E-state index contributed by atoms with van der Waals surface area (Å²) in [6.45, 7) is 3.85. The molecule has 92 valence electrons. The zero-order valence-corrected chi connectivity index (χ0v) is 10.1. The van der Waals surface area contributed by atoms with Crippen LogP contribution in [0.2, 0.25) is 0 Å². The highest BCUT2D eigenvalue weighted by atomic mass is 16.5. The van der Waals surface area contributed by atoms with Gasteiger partial charge in [0.2, 0.25) is 0 Å². The summed E-state index contributed by atoms with van der Waals surface area (Å²) in [6, 6.07) is 1.87. The van der Waals surface area contributed by atoms with Crippen molar-refractivity contribution in [2.24, 2.45) is 0 Å². The second-order valence-corrected chi connectivity index (χ2v) is 4.09. The molecule has 1 unspecified atom stereocenters. The van der Waals surface area contributed by atoms with Crippen molar-refractivity contribution in [2.75, 3.05) is 32.1 Å². The topological polar surface area (TPSA) is 54.5 Å². The Balaban J connectivity index is 2.23. The largest absolute Gasteiger partial charge is 0.386 e. The maximum absolute atomic E-state index is 12.4. The van der Waals surface area contributed by atoms with Gasteiger partial charge >= 0.3 is 0 Å². The Morgan fingerprint density at radius 1 is 1.65 bits per heavy atom. The highest BCUT2D eigenvalue weighted by molar-refractivity contribution is 5.99. The van der Waals surface area contributed by atoms with Crippen molar-refractivity contribution >= 4 is 11.6 Å². The van der Waals surface area contributed by atoms with E-state index in [1.807, 2.05) is 11.8 Å². The van der Waals surface area contributed by atoms with Crippen LogP contribution in [0.4, 0.5) is 5.69 Å². The van der Waals surface area contributed by atoms with Crippen molar-refractivity contribution in [1.82, 2.24) is 9.88 Å². The van der Waals surface area contributed by atoms with Crippen LogP contribution in [-0.4, -0.2) is 48.6 Å². The zero-order chi connectivity index (χ0) is 12.3. The molecule has 1 N–H and O–H groups in total. The van der Waals surface area contributed by atoms with E-state index in [1.165, 1.54) is 0 Å². The predicted molar refractivity (Wildman–Crippen MR) is 65.1 cm³/mol. The van der Waals surface area contributed by atoms with Crippen LogP contribution >= 0.6 is 0 Å². The number of aromatic nitrogens is 1. The van der Waals surface area contributed by atoms with Crippen molar-refractivity contribution in [3.8, 4) is 0 Å². The maximum Gasteiger partial charge on any atom is 0.256 e. The van der Waals surface area contributed by atoms with Crippen LogP contribution in [0.15, 0.2) is 18.5 Å². The van der Waals surface area contributed by atoms with Crippen molar-refractivity contribution in [2.45, 2.75) is 13.0 Å². The minimum absolute atomic E-state index is 0.0348. The SMILES string of the molecule is CNc1cnccc1C(=O)N1CCOCC1C. The average Bonchev–Trinajstić information content (AvgIpc) is 2.38. The first-order valence-corrected chi connectivity index (χ1v) is 5.74. The lowest BCUT2D eigenvalue weighted by atomic mass is 10.1. The Hall–Kier alpha value is -1.62. The molecule has 1 aromatic rings. The fourth-order valence-electron chi connectivity index (χ4n) is 1.96. The molecule has 0 aromatic carbocycles. The maximum atomic E-state index is 12.4. The summed E-state index contributed by atoms with van der Waals surface area (Å²) in [7, 11) is 1.79. The lowest BCUT2D eigenvalue weighted by Gasteiger charge is -2.33. The molecule has 5 heteroatoms. The number of pyridine rings is 1. The summed E-state index contributed by atoms with van der Waals surface area (Å²) < 4.78 is 5.33. The van der Waals surface area contributed by atoms with Gasteiger partial charge < -0.3 is 15.0 Å². The molecule has 2 heterocycles.